The van der Waals surface area contributed by atoms with Gasteiger partial charge in [-0.05, 0) is 89.5 Å². The second-order valence-electron chi connectivity index (χ2n) is 18.6. The first-order chi connectivity index (χ1) is 31.0. The van der Waals surface area contributed by atoms with Crippen LogP contribution < -0.4 is 10.6 Å². The molecule has 15 nitrogen and oxygen atoms in total. The number of likely N-dealkylation sites (tertiary alicyclic amines) is 2. The molecule has 3 aromatic carbocycles. The summed E-state index contributed by atoms with van der Waals surface area (Å²) in [6.45, 7) is 8.07. The number of carbonyl (C=O) groups is 4. The number of aromatic amines is 2. The van der Waals surface area contributed by atoms with Gasteiger partial charge in [0.25, 0.3) is 5.92 Å². The van der Waals surface area contributed by atoms with Gasteiger partial charge >= 0.3 is 12.2 Å². The number of alkyl carbamates (subject to hydrolysis) is 2. The Balaban J connectivity index is 0.957. The van der Waals surface area contributed by atoms with Crippen molar-refractivity contribution in [1.29, 1.82) is 5.26 Å². The van der Waals surface area contributed by atoms with Crippen molar-refractivity contribution in [3.63, 3.8) is 0 Å². The molecule has 65 heavy (non-hydrogen) atoms. The van der Waals surface area contributed by atoms with E-state index in [0.717, 1.165) is 19.3 Å². The molecule has 338 valence electrons. The van der Waals surface area contributed by atoms with Crippen molar-refractivity contribution >= 4 is 35.0 Å². The SMILES string of the molecule is COC(=O)N[C@H](C(=O)N1C[C@@H](C#N)CC1c1ncc(-c2ccc3c(c2)C(F)(F)c2cc(-c4ccc5nc([C@@H]6CC7(CC7)CN6C(=O)[C@@H](NC(=O)OC)C(C)C)[nH]c5c4)ccc2-3)[nH]1)C(C)C. The zero-order chi connectivity index (χ0) is 46.1. The predicted molar refractivity (Wildman–Crippen MR) is 235 cm³/mol. The highest BCUT2D eigenvalue weighted by atomic mass is 19.3. The summed E-state index contributed by atoms with van der Waals surface area (Å²) in [6.07, 6.45) is 3.21. The third kappa shape index (κ3) is 7.72. The van der Waals surface area contributed by atoms with Crippen molar-refractivity contribution in [3.05, 3.63) is 83.6 Å². The minimum atomic E-state index is -3.33. The molecule has 2 aliphatic heterocycles. The second-order valence-corrected chi connectivity index (χ2v) is 18.6. The molecule has 4 N–H and O–H groups in total. The lowest BCUT2D eigenvalue weighted by Gasteiger charge is -2.30. The molecule has 1 spiro atoms. The fourth-order valence-electron chi connectivity index (χ4n) is 9.85. The zero-order valence-corrected chi connectivity index (χ0v) is 37.0. The van der Waals surface area contributed by atoms with E-state index in [1.165, 1.54) is 37.4 Å². The van der Waals surface area contributed by atoms with Crippen LogP contribution in [0.4, 0.5) is 18.4 Å². The maximum Gasteiger partial charge on any atom is 0.407 e. The number of imidazole rings is 2. The molecule has 4 aliphatic rings. The van der Waals surface area contributed by atoms with Crippen LogP contribution in [0.2, 0.25) is 0 Å². The largest absolute Gasteiger partial charge is 0.453 e. The molecule has 2 saturated heterocycles. The summed E-state index contributed by atoms with van der Waals surface area (Å²) in [4.78, 5) is 71.6. The van der Waals surface area contributed by atoms with Crippen LogP contribution in [0.25, 0.3) is 44.5 Å². The van der Waals surface area contributed by atoms with Gasteiger partial charge in [0.2, 0.25) is 11.8 Å². The summed E-state index contributed by atoms with van der Waals surface area (Å²) >= 11 is 0. The smallest absolute Gasteiger partial charge is 0.407 e. The Morgan fingerprint density at radius 1 is 0.800 bits per heavy atom. The van der Waals surface area contributed by atoms with Crippen molar-refractivity contribution in [2.75, 3.05) is 27.3 Å². The Morgan fingerprint density at radius 3 is 1.98 bits per heavy atom. The highest BCUT2D eigenvalue weighted by Crippen LogP contribution is 2.58. The van der Waals surface area contributed by atoms with Crippen molar-refractivity contribution in [2.24, 2.45) is 23.2 Å². The maximum absolute atomic E-state index is 16.6. The predicted octanol–water partition coefficient (Wildman–Crippen LogP) is 7.97. The van der Waals surface area contributed by atoms with Crippen LogP contribution in [0.15, 0.2) is 60.8 Å². The van der Waals surface area contributed by atoms with Gasteiger partial charge in [-0.3, -0.25) is 9.59 Å². The minimum Gasteiger partial charge on any atom is -0.453 e. The van der Waals surface area contributed by atoms with E-state index < -0.39 is 42.2 Å². The van der Waals surface area contributed by atoms with Gasteiger partial charge in [-0.2, -0.15) is 14.0 Å². The Morgan fingerprint density at radius 2 is 1.38 bits per heavy atom. The normalized spacial score (nSPS) is 21.0. The van der Waals surface area contributed by atoms with Gasteiger partial charge in [0.15, 0.2) is 0 Å². The maximum atomic E-state index is 16.6. The third-order valence-electron chi connectivity index (χ3n) is 13.7. The highest BCUT2D eigenvalue weighted by Gasteiger charge is 2.55. The molecular formula is C48H51F2N9O6. The fourth-order valence-corrected chi connectivity index (χ4v) is 9.85. The first-order valence-corrected chi connectivity index (χ1v) is 22.0. The van der Waals surface area contributed by atoms with Crippen LogP contribution in [0.3, 0.4) is 0 Å². The molecular weight excluding hydrogens is 837 g/mol. The van der Waals surface area contributed by atoms with Crippen LogP contribution in [-0.2, 0) is 25.0 Å². The van der Waals surface area contributed by atoms with Crippen molar-refractivity contribution in [2.45, 2.75) is 83.5 Å². The van der Waals surface area contributed by atoms with E-state index in [9.17, 15) is 24.4 Å². The highest BCUT2D eigenvalue weighted by molar-refractivity contribution is 5.89. The number of H-pyrrole nitrogens is 2. The number of benzene rings is 3. The van der Waals surface area contributed by atoms with Gasteiger partial charge in [0, 0.05) is 29.8 Å². The van der Waals surface area contributed by atoms with Crippen LogP contribution in [-0.4, -0.2) is 93.1 Å². The second kappa shape index (κ2) is 16.3. The Hall–Kier alpha value is -6.83. The van der Waals surface area contributed by atoms with Crippen molar-refractivity contribution < 1.29 is 37.4 Å². The molecule has 0 radical (unpaired) electrons. The molecule has 2 aromatic heterocycles. The monoisotopic (exact) mass is 887 g/mol. The summed E-state index contributed by atoms with van der Waals surface area (Å²) in [5.41, 5.74) is 4.27. The molecule has 4 amide bonds. The van der Waals surface area contributed by atoms with Gasteiger partial charge in [0.1, 0.15) is 23.7 Å². The molecule has 1 saturated carbocycles. The van der Waals surface area contributed by atoms with E-state index in [-0.39, 0.29) is 52.8 Å². The zero-order valence-electron chi connectivity index (χ0n) is 37.0. The van der Waals surface area contributed by atoms with Crippen molar-refractivity contribution in [3.8, 4) is 39.6 Å². The molecule has 2 aliphatic carbocycles. The van der Waals surface area contributed by atoms with E-state index in [1.54, 1.807) is 32.0 Å². The molecule has 1 unspecified atom stereocenters. The number of hydrogen-bond donors (Lipinski definition) is 4. The van der Waals surface area contributed by atoms with E-state index >= 15 is 8.78 Å². The Kier molecular flexibility index (Phi) is 10.9. The number of aromatic nitrogens is 4. The Bertz CT molecular complexity index is 2770. The number of carbonyl (C=O) groups excluding carboxylic acids is 4. The van der Waals surface area contributed by atoms with E-state index in [2.05, 4.69) is 31.7 Å². The van der Waals surface area contributed by atoms with Crippen molar-refractivity contribution in [1.82, 2.24) is 40.4 Å². The lowest BCUT2D eigenvalue weighted by molar-refractivity contribution is -0.136. The first kappa shape index (κ1) is 43.4. The quantitative estimate of drug-likeness (QED) is 0.107. The first-order valence-electron chi connectivity index (χ1n) is 22.0. The standard InChI is InChI=1S/C48H51F2N9O6/c1-24(2)39(56-45(62)64-5)43(60)58-22-26(20-51)15-37(58)41-52-21-36(55-41)29-8-11-31-30-10-7-27(16-32(30)48(49,50)33(31)17-29)28-9-12-34-35(18-28)54-42(53-34)38-19-47(13-14-47)23-59(38)44(61)40(25(3)4)57-46(63)65-6/h7-12,16-18,21,24-26,37-40H,13-15,19,22-23H2,1-6H3,(H,52,55)(H,53,54)(H,56,62)(H,57,63)/t26-,37?,38+,39+,40+/m1/s1. The molecule has 3 fully saturated rings. The number of ether oxygens (including phenoxy) is 2. The summed E-state index contributed by atoms with van der Waals surface area (Å²) in [6, 6.07) is 15.2. The molecule has 17 heteroatoms. The number of methoxy groups -OCH3 is 2. The third-order valence-corrected chi connectivity index (χ3v) is 13.7. The number of nitriles is 1. The number of nitrogens with one attached hydrogen (secondary N) is 4. The van der Waals surface area contributed by atoms with Gasteiger partial charge in [-0.25, -0.2) is 19.6 Å². The number of amides is 4. The van der Waals surface area contributed by atoms with E-state index in [1.807, 2.05) is 43.0 Å². The molecule has 9 rings (SSSR count). The van der Waals surface area contributed by atoms with E-state index in [4.69, 9.17) is 14.5 Å². The number of alkyl halides is 2. The van der Waals surface area contributed by atoms with Gasteiger partial charge in [-0.1, -0.05) is 58.0 Å². The van der Waals surface area contributed by atoms with Crippen LogP contribution in [0.1, 0.15) is 88.2 Å². The Labute approximate surface area is 374 Å². The lowest BCUT2D eigenvalue weighted by atomic mass is 9.98. The topological polar surface area (TPSA) is 198 Å². The van der Waals surface area contributed by atoms with Crippen LogP contribution in [0, 0.1) is 34.5 Å². The number of fused-ring (bicyclic) bond motifs is 4. The van der Waals surface area contributed by atoms with E-state index in [0.29, 0.717) is 69.2 Å². The minimum absolute atomic E-state index is 0.0262. The molecule has 4 heterocycles. The van der Waals surface area contributed by atoms with Gasteiger partial charge < -0.3 is 39.9 Å². The summed E-state index contributed by atoms with van der Waals surface area (Å²) in [5, 5.41) is 15.1. The number of hydrogen-bond acceptors (Lipinski definition) is 9. The van der Waals surface area contributed by atoms with Gasteiger partial charge in [-0.15, -0.1) is 0 Å². The average Bonchev–Trinajstić information content (AvgIpc) is 3.82. The summed E-state index contributed by atoms with van der Waals surface area (Å²) in [5.74, 6) is -3.77. The number of rotatable bonds is 10. The fraction of sp³-hybridized carbons (Fsp3) is 0.438. The summed E-state index contributed by atoms with van der Waals surface area (Å²) < 4.78 is 42.8. The van der Waals surface area contributed by atoms with Gasteiger partial charge in [0.05, 0.1) is 61.2 Å². The number of halogens is 2. The molecule has 0 bridgehead atoms. The van der Waals surface area contributed by atoms with Crippen LogP contribution >= 0.6 is 0 Å². The lowest BCUT2D eigenvalue weighted by Crippen LogP contribution is -2.51. The molecule has 5 aromatic rings. The number of nitrogens with zero attached hydrogens (tertiary/aromatic N) is 5. The van der Waals surface area contributed by atoms with Crippen LogP contribution in [0.5, 0.6) is 0 Å². The molecule has 5 atom stereocenters. The average molecular weight is 888 g/mol. The summed E-state index contributed by atoms with van der Waals surface area (Å²) in [7, 11) is 2.48.